The second-order valence-corrected chi connectivity index (χ2v) is 4.10. The minimum atomic E-state index is -0.495. The van der Waals surface area contributed by atoms with Crippen molar-refractivity contribution in [3.63, 3.8) is 0 Å². The molecule has 0 radical (unpaired) electrons. The summed E-state index contributed by atoms with van der Waals surface area (Å²) in [4.78, 5) is 12.1. The molecule has 0 saturated carbocycles. The number of carbonyl (C=O) groups is 1. The smallest absolute Gasteiger partial charge is 0.166 e. The quantitative estimate of drug-likeness (QED) is 0.759. The van der Waals surface area contributed by atoms with E-state index in [0.717, 1.165) is 0 Å². The average Bonchev–Trinajstić information content (AvgIpc) is 2.39. The summed E-state index contributed by atoms with van der Waals surface area (Å²) in [6.45, 7) is 1.21. The van der Waals surface area contributed by atoms with Gasteiger partial charge < -0.3 is 9.47 Å². The molecule has 17 heavy (non-hydrogen) atoms. The zero-order valence-electron chi connectivity index (χ0n) is 9.74. The third-order valence-electron chi connectivity index (χ3n) is 3.03. The minimum absolute atomic E-state index is 0.00477. The van der Waals surface area contributed by atoms with Gasteiger partial charge in [-0.3, -0.25) is 4.79 Å². The summed E-state index contributed by atoms with van der Waals surface area (Å²) in [7, 11) is 1.40. The van der Waals surface area contributed by atoms with Crippen LogP contribution in [0.3, 0.4) is 0 Å². The van der Waals surface area contributed by atoms with E-state index in [1.807, 2.05) is 0 Å². The predicted molar refractivity (Wildman–Crippen MR) is 60.8 cm³/mol. The molecule has 2 rings (SSSR count). The number of rotatable bonds is 3. The molecular weight excluding hydrogens is 223 g/mol. The first-order valence-electron chi connectivity index (χ1n) is 5.68. The fourth-order valence-electron chi connectivity index (χ4n) is 2.02. The van der Waals surface area contributed by atoms with Gasteiger partial charge in [-0.2, -0.15) is 0 Å². The van der Waals surface area contributed by atoms with Crippen molar-refractivity contribution >= 4 is 5.78 Å². The number of halogens is 1. The van der Waals surface area contributed by atoms with Crippen molar-refractivity contribution in [2.24, 2.45) is 5.92 Å². The summed E-state index contributed by atoms with van der Waals surface area (Å²) >= 11 is 0. The summed E-state index contributed by atoms with van der Waals surface area (Å²) in [6.07, 6.45) is 1.43. The number of methoxy groups -OCH3 is 1. The van der Waals surface area contributed by atoms with Crippen LogP contribution in [0.4, 0.5) is 4.39 Å². The first-order chi connectivity index (χ1) is 8.22. The van der Waals surface area contributed by atoms with Crippen LogP contribution in [0.1, 0.15) is 23.2 Å². The zero-order valence-corrected chi connectivity index (χ0v) is 9.74. The summed E-state index contributed by atoms with van der Waals surface area (Å²) < 4.78 is 23.5. The maximum Gasteiger partial charge on any atom is 0.166 e. The Kier molecular flexibility index (Phi) is 3.74. The third kappa shape index (κ3) is 2.64. The van der Waals surface area contributed by atoms with Gasteiger partial charge in [-0.1, -0.05) is 0 Å². The number of ketones is 1. The van der Waals surface area contributed by atoms with Crippen molar-refractivity contribution in [2.45, 2.75) is 12.8 Å². The SMILES string of the molecule is COc1ccc(C(=O)C2CCOCC2)cc1F. The highest BCUT2D eigenvalue weighted by molar-refractivity contribution is 5.98. The van der Waals surface area contributed by atoms with Gasteiger partial charge in [-0.05, 0) is 31.0 Å². The van der Waals surface area contributed by atoms with Crippen LogP contribution in [0.15, 0.2) is 18.2 Å². The topological polar surface area (TPSA) is 35.5 Å². The van der Waals surface area contributed by atoms with E-state index < -0.39 is 5.82 Å². The Morgan fingerprint density at radius 3 is 2.71 bits per heavy atom. The zero-order chi connectivity index (χ0) is 12.3. The lowest BCUT2D eigenvalue weighted by molar-refractivity contribution is 0.0544. The van der Waals surface area contributed by atoms with E-state index >= 15 is 0 Å². The van der Waals surface area contributed by atoms with E-state index in [2.05, 4.69) is 0 Å². The van der Waals surface area contributed by atoms with Gasteiger partial charge in [0.15, 0.2) is 17.3 Å². The van der Waals surface area contributed by atoms with Crippen LogP contribution >= 0.6 is 0 Å². The fraction of sp³-hybridized carbons (Fsp3) is 0.462. The Bertz CT molecular complexity index is 411. The summed E-state index contributed by atoms with van der Waals surface area (Å²) in [6, 6.07) is 4.35. The number of ether oxygens (including phenoxy) is 2. The number of hydrogen-bond donors (Lipinski definition) is 0. The molecule has 0 bridgehead atoms. The van der Waals surface area contributed by atoms with Crippen LogP contribution in [-0.2, 0) is 4.74 Å². The van der Waals surface area contributed by atoms with E-state index in [9.17, 15) is 9.18 Å². The molecule has 0 amide bonds. The van der Waals surface area contributed by atoms with Gasteiger partial charge in [0.1, 0.15) is 0 Å². The Hall–Kier alpha value is -1.42. The summed E-state index contributed by atoms with van der Waals surface area (Å²) in [5, 5.41) is 0. The van der Waals surface area contributed by atoms with Gasteiger partial charge >= 0.3 is 0 Å². The Morgan fingerprint density at radius 2 is 2.12 bits per heavy atom. The Balaban J connectivity index is 2.16. The lowest BCUT2D eigenvalue weighted by Crippen LogP contribution is -2.23. The van der Waals surface area contributed by atoms with Gasteiger partial charge in [-0.25, -0.2) is 4.39 Å². The number of carbonyl (C=O) groups excluding carboxylic acids is 1. The molecule has 0 aliphatic carbocycles. The molecule has 0 atom stereocenters. The van der Waals surface area contributed by atoms with E-state index in [-0.39, 0.29) is 17.5 Å². The van der Waals surface area contributed by atoms with Gasteiger partial charge in [0.2, 0.25) is 0 Å². The lowest BCUT2D eigenvalue weighted by atomic mass is 9.91. The van der Waals surface area contributed by atoms with Gasteiger partial charge in [-0.15, -0.1) is 0 Å². The molecule has 1 aliphatic heterocycles. The van der Waals surface area contributed by atoms with Crippen molar-refractivity contribution < 1.29 is 18.7 Å². The molecule has 1 fully saturated rings. The second kappa shape index (κ2) is 5.27. The van der Waals surface area contributed by atoms with Crippen LogP contribution in [0.2, 0.25) is 0 Å². The van der Waals surface area contributed by atoms with Crippen molar-refractivity contribution in [2.75, 3.05) is 20.3 Å². The van der Waals surface area contributed by atoms with Gasteiger partial charge in [0.25, 0.3) is 0 Å². The molecule has 1 heterocycles. The molecular formula is C13H15FO3. The van der Waals surface area contributed by atoms with E-state index in [0.29, 0.717) is 31.6 Å². The molecule has 1 aromatic carbocycles. The van der Waals surface area contributed by atoms with Crippen molar-refractivity contribution in [1.82, 2.24) is 0 Å². The van der Waals surface area contributed by atoms with Gasteiger partial charge in [0.05, 0.1) is 7.11 Å². The third-order valence-corrected chi connectivity index (χ3v) is 3.03. The van der Waals surface area contributed by atoms with Crippen LogP contribution in [0.25, 0.3) is 0 Å². The molecule has 0 spiro atoms. The molecule has 4 heteroatoms. The molecule has 0 N–H and O–H groups in total. The standard InChI is InChI=1S/C13H15FO3/c1-16-12-3-2-10(8-11(12)14)13(15)9-4-6-17-7-5-9/h2-3,8-9H,4-7H2,1H3. The van der Waals surface area contributed by atoms with E-state index in [4.69, 9.17) is 9.47 Å². The van der Waals surface area contributed by atoms with Crippen LogP contribution in [0, 0.1) is 11.7 Å². The lowest BCUT2D eigenvalue weighted by Gasteiger charge is -2.20. The first kappa shape index (κ1) is 12.0. The van der Waals surface area contributed by atoms with Crippen molar-refractivity contribution in [3.8, 4) is 5.75 Å². The number of benzene rings is 1. The average molecular weight is 238 g/mol. The molecule has 1 aromatic rings. The summed E-state index contributed by atoms with van der Waals surface area (Å²) in [5.41, 5.74) is 0.412. The molecule has 3 nitrogen and oxygen atoms in total. The van der Waals surface area contributed by atoms with Crippen molar-refractivity contribution in [3.05, 3.63) is 29.6 Å². The van der Waals surface area contributed by atoms with Crippen LogP contribution in [0.5, 0.6) is 5.75 Å². The van der Waals surface area contributed by atoms with Crippen molar-refractivity contribution in [1.29, 1.82) is 0 Å². The van der Waals surface area contributed by atoms with Crippen LogP contribution < -0.4 is 4.74 Å². The summed E-state index contributed by atoms with van der Waals surface area (Å²) in [5.74, 6) is -0.384. The first-order valence-corrected chi connectivity index (χ1v) is 5.68. The predicted octanol–water partition coefficient (Wildman–Crippen LogP) is 2.44. The monoisotopic (exact) mass is 238 g/mol. The molecule has 1 aliphatic rings. The Labute approximate surface area is 99.5 Å². The maximum absolute atomic E-state index is 13.5. The largest absolute Gasteiger partial charge is 0.494 e. The highest BCUT2D eigenvalue weighted by atomic mass is 19.1. The molecule has 0 aromatic heterocycles. The second-order valence-electron chi connectivity index (χ2n) is 4.10. The fourth-order valence-corrected chi connectivity index (χ4v) is 2.02. The normalized spacial score (nSPS) is 16.8. The van der Waals surface area contributed by atoms with Crippen LogP contribution in [-0.4, -0.2) is 26.1 Å². The Morgan fingerprint density at radius 1 is 1.41 bits per heavy atom. The molecule has 92 valence electrons. The molecule has 0 unspecified atom stereocenters. The van der Waals surface area contributed by atoms with Gasteiger partial charge in [0, 0.05) is 24.7 Å². The minimum Gasteiger partial charge on any atom is -0.494 e. The maximum atomic E-state index is 13.5. The number of Topliss-reactive ketones (excluding diaryl/α,β-unsaturated/α-hetero) is 1. The number of hydrogen-bond acceptors (Lipinski definition) is 3. The van der Waals surface area contributed by atoms with E-state index in [1.165, 1.54) is 19.2 Å². The molecule has 1 saturated heterocycles. The van der Waals surface area contributed by atoms with E-state index in [1.54, 1.807) is 6.07 Å². The highest BCUT2D eigenvalue weighted by Crippen LogP contribution is 2.23. The highest BCUT2D eigenvalue weighted by Gasteiger charge is 2.23.